The minimum absolute atomic E-state index is 0.000457. The molecule has 4 heterocycles. The first-order valence-corrected chi connectivity index (χ1v) is 30.9. The largest absolute Gasteiger partial charge is 0.542 e. The van der Waals surface area contributed by atoms with E-state index in [9.17, 15) is 32.3 Å². The number of rotatable bonds is 15. The molecular weight excluding hydrogens is 1070 g/mol. The van der Waals surface area contributed by atoms with Gasteiger partial charge in [0.2, 0.25) is 11.8 Å². The van der Waals surface area contributed by atoms with E-state index in [1.54, 1.807) is 14.0 Å². The summed E-state index contributed by atoms with van der Waals surface area (Å²) in [6.45, 7) is 14.7. The molecule has 452 valence electrons. The highest BCUT2D eigenvalue weighted by molar-refractivity contribution is 5.82. The molecule has 4 aliphatic rings. The molecular formula is C69H89F3N6O6. The first kappa shape index (κ1) is 63.4. The number of aryl methyl sites for hydroxylation is 2. The Kier molecular flexibility index (Phi) is 22.3. The number of halogens is 3. The fraction of sp³-hybridized carbons (Fsp3) is 0.522. The quantitative estimate of drug-likeness (QED) is 0.104. The Bertz CT molecular complexity index is 3220. The van der Waals surface area contributed by atoms with E-state index >= 15 is 0 Å². The summed E-state index contributed by atoms with van der Waals surface area (Å²) in [5.41, 5.74) is 6.22. The highest BCUT2D eigenvalue weighted by atomic mass is 19.4. The van der Waals surface area contributed by atoms with Gasteiger partial charge in [-0.1, -0.05) is 156 Å². The van der Waals surface area contributed by atoms with Gasteiger partial charge < -0.3 is 39.1 Å². The first-order valence-electron chi connectivity index (χ1n) is 30.9. The van der Waals surface area contributed by atoms with Crippen LogP contribution < -0.4 is 26.4 Å². The number of hydrogen-bond donors (Lipinski definition) is 2. The first-order chi connectivity index (χ1) is 40.3. The number of nitrogens with one attached hydrogen (secondary N) is 2. The van der Waals surface area contributed by atoms with E-state index < -0.39 is 12.1 Å². The topological polar surface area (TPSA) is 141 Å². The van der Waals surface area contributed by atoms with Crippen molar-refractivity contribution in [2.45, 2.75) is 142 Å². The molecule has 2 amide bonds. The zero-order valence-corrected chi connectivity index (χ0v) is 50.1. The standard InChI is InChI=1S/C36H49N3O2.C31H39N3O2.C2HF3O2/c1-36(2,3)26-38-21-19-28(20-22-38)32(27-13-7-5-8-14-27)25-39(35(41)29-15-9-6-10-16-29)24-31-23-30-17-11-12-18-33(30)37(4)34(31)40;1-33-29-15-9-8-14-26(29)20-27(30(33)35)21-34(31(36)25-12-6-3-7-13-25)22-28(23-10-4-2-5-11-23)24-16-18-32-19-17-24;3-2(4,5)1(6)7/h5,7-8,11-14,17-18,23,28-29,32H,6,9-10,15-16,19-22,24-26H2,1-4H3;2,4-5,8-11,14-15,20,24-25,28,32H,3,6-7,12-13,16-19,21-22H2,1H3;(H,6,7). The van der Waals surface area contributed by atoms with Gasteiger partial charge >= 0.3 is 6.18 Å². The van der Waals surface area contributed by atoms with Crippen molar-refractivity contribution >= 4 is 39.6 Å². The third kappa shape index (κ3) is 17.1. The Morgan fingerprint density at radius 2 is 0.940 bits per heavy atom. The molecule has 0 radical (unpaired) electrons. The molecule has 2 atom stereocenters. The molecule has 10 rings (SSSR count). The number of likely N-dealkylation sites (tertiary alicyclic amines) is 1. The number of pyridine rings is 2. The molecule has 2 saturated heterocycles. The summed E-state index contributed by atoms with van der Waals surface area (Å²) in [6, 6.07) is 41.6. The minimum Gasteiger partial charge on any atom is -0.542 e. The number of hydrogen-bond acceptors (Lipinski definition) is 7. The van der Waals surface area contributed by atoms with Crippen LogP contribution in [-0.4, -0.2) is 88.7 Å². The number of aromatic nitrogens is 2. The summed E-state index contributed by atoms with van der Waals surface area (Å²) in [5, 5.41) is 14.4. The molecule has 84 heavy (non-hydrogen) atoms. The molecule has 2 aliphatic heterocycles. The van der Waals surface area contributed by atoms with Gasteiger partial charge in [0.05, 0.1) is 43.8 Å². The Morgan fingerprint density at radius 3 is 1.32 bits per heavy atom. The van der Waals surface area contributed by atoms with Crippen LogP contribution in [0.3, 0.4) is 0 Å². The maximum Gasteiger partial charge on any atom is 0.430 e. The summed E-state index contributed by atoms with van der Waals surface area (Å²) >= 11 is 0. The number of piperidine rings is 2. The third-order valence-corrected chi connectivity index (χ3v) is 18.2. The monoisotopic (exact) mass is 1150 g/mol. The Hall–Kier alpha value is -6.58. The van der Waals surface area contributed by atoms with Crippen LogP contribution in [-0.2, 0) is 41.6 Å². The van der Waals surface area contributed by atoms with Gasteiger partial charge in [0, 0.05) is 80.2 Å². The maximum absolute atomic E-state index is 14.2. The molecule has 2 aliphatic carbocycles. The zero-order chi connectivity index (χ0) is 60.0. The van der Waals surface area contributed by atoms with Crippen molar-refractivity contribution in [1.29, 1.82) is 0 Å². The second-order valence-corrected chi connectivity index (χ2v) is 25.5. The van der Waals surface area contributed by atoms with Crippen LogP contribution in [0.15, 0.2) is 131 Å². The van der Waals surface area contributed by atoms with Gasteiger partial charge in [-0.2, -0.15) is 13.2 Å². The molecule has 12 nitrogen and oxygen atoms in total. The average Bonchev–Trinajstić information content (AvgIpc) is 2.08. The van der Waals surface area contributed by atoms with Crippen LogP contribution in [0.2, 0.25) is 0 Å². The van der Waals surface area contributed by atoms with Crippen LogP contribution >= 0.6 is 0 Å². The van der Waals surface area contributed by atoms with E-state index in [-0.39, 0.29) is 46.6 Å². The van der Waals surface area contributed by atoms with Gasteiger partial charge in [0.15, 0.2) is 0 Å². The highest BCUT2D eigenvalue weighted by Crippen LogP contribution is 2.36. The minimum atomic E-state index is -5.19. The second kappa shape index (κ2) is 29.5. The van der Waals surface area contributed by atoms with E-state index in [4.69, 9.17) is 9.90 Å². The summed E-state index contributed by atoms with van der Waals surface area (Å²) in [6.07, 6.45) is 10.2. The number of carboxylic acid groups (broad SMARTS) is 1. The lowest BCUT2D eigenvalue weighted by molar-refractivity contribution is -0.912. The highest BCUT2D eigenvalue weighted by Gasteiger charge is 2.37. The molecule has 4 fully saturated rings. The number of alkyl halides is 3. The maximum atomic E-state index is 14.2. The van der Waals surface area contributed by atoms with Crippen LogP contribution in [0.5, 0.6) is 0 Å². The lowest BCUT2D eigenvalue weighted by Gasteiger charge is -2.39. The van der Waals surface area contributed by atoms with Crippen LogP contribution in [0, 0.1) is 29.1 Å². The summed E-state index contributed by atoms with van der Waals surface area (Å²) < 4.78 is 35.0. The van der Waals surface area contributed by atoms with E-state index in [2.05, 4.69) is 97.7 Å². The number of carbonyl (C=O) groups excluding carboxylic acids is 3. The van der Waals surface area contributed by atoms with E-state index in [1.807, 2.05) is 73.6 Å². The average molecular weight is 1160 g/mol. The van der Waals surface area contributed by atoms with Crippen LogP contribution in [0.1, 0.15) is 145 Å². The zero-order valence-electron chi connectivity index (χ0n) is 50.1. The normalized spacial score (nSPS) is 19.0. The SMILES string of the molecule is Cn1c(=O)c(CN(CC(c2ccccc2)C2CCNCC2)C(=O)C2CCCCC2)cc2ccccc21.Cn1c(=O)c(CN(CC(c2ccccc2)C2CC[NH+](CC(C)(C)C)CC2)C(=O)C2CCCCC2)cc2ccccc21.O=C([O-])C(F)(F)F. The predicted molar refractivity (Wildman–Crippen MR) is 325 cm³/mol. The Morgan fingerprint density at radius 1 is 0.571 bits per heavy atom. The van der Waals surface area contributed by atoms with Gasteiger partial charge in [-0.25, -0.2) is 0 Å². The fourth-order valence-corrected chi connectivity index (χ4v) is 13.8. The summed E-state index contributed by atoms with van der Waals surface area (Å²) in [7, 11) is 3.69. The number of para-hydroxylation sites is 2. The van der Waals surface area contributed by atoms with Crippen molar-refractivity contribution in [2.75, 3.05) is 45.8 Å². The summed E-state index contributed by atoms with van der Waals surface area (Å²) in [4.78, 5) is 69.8. The van der Waals surface area contributed by atoms with Crippen LogP contribution in [0.4, 0.5) is 13.2 Å². The van der Waals surface area contributed by atoms with Gasteiger partial charge in [0.25, 0.3) is 11.1 Å². The van der Waals surface area contributed by atoms with E-state index in [0.717, 1.165) is 99.1 Å². The predicted octanol–water partition coefficient (Wildman–Crippen LogP) is 10.1. The fourth-order valence-electron chi connectivity index (χ4n) is 13.8. The Labute approximate surface area is 494 Å². The molecule has 2 N–H and O–H groups in total. The molecule has 0 bridgehead atoms. The van der Waals surface area contributed by atoms with Gasteiger partial charge in [0.1, 0.15) is 5.97 Å². The number of carboxylic acids is 1. The smallest absolute Gasteiger partial charge is 0.430 e. The lowest BCUT2D eigenvalue weighted by Crippen LogP contribution is -3.14. The van der Waals surface area contributed by atoms with Crippen molar-refractivity contribution in [3.63, 3.8) is 0 Å². The van der Waals surface area contributed by atoms with Crippen molar-refractivity contribution in [1.82, 2.24) is 24.3 Å². The van der Waals surface area contributed by atoms with Crippen LogP contribution in [0.25, 0.3) is 21.8 Å². The van der Waals surface area contributed by atoms with E-state index in [0.29, 0.717) is 54.6 Å². The molecule has 4 aromatic carbocycles. The molecule has 2 saturated carbocycles. The van der Waals surface area contributed by atoms with E-state index in [1.165, 1.54) is 56.4 Å². The van der Waals surface area contributed by atoms with Crippen molar-refractivity contribution in [3.8, 4) is 0 Å². The van der Waals surface area contributed by atoms with Crippen molar-refractivity contribution < 1.29 is 37.6 Å². The van der Waals surface area contributed by atoms with Crippen molar-refractivity contribution in [2.24, 2.45) is 43.2 Å². The molecule has 2 aromatic heterocycles. The molecule has 2 unspecified atom stereocenters. The molecule has 6 aromatic rings. The van der Waals surface area contributed by atoms with Gasteiger partial charge in [-0.15, -0.1) is 0 Å². The lowest BCUT2D eigenvalue weighted by atomic mass is 9.79. The van der Waals surface area contributed by atoms with Gasteiger partial charge in [-0.05, 0) is 110 Å². The number of aliphatic carboxylic acids is 1. The number of quaternary nitrogens is 1. The third-order valence-electron chi connectivity index (χ3n) is 18.2. The number of carbonyl (C=O) groups is 3. The Balaban J connectivity index is 0.000000198. The second-order valence-electron chi connectivity index (χ2n) is 25.5. The summed E-state index contributed by atoms with van der Waals surface area (Å²) in [5.74, 6) is -0.787. The number of nitrogens with zero attached hydrogens (tertiary/aromatic N) is 4. The van der Waals surface area contributed by atoms with Crippen molar-refractivity contribution in [3.05, 3.63) is 164 Å². The molecule has 15 heteroatoms. The molecule has 0 spiro atoms. The number of benzene rings is 4. The number of amides is 2. The van der Waals surface area contributed by atoms with Gasteiger partial charge in [-0.3, -0.25) is 19.2 Å². The number of fused-ring (bicyclic) bond motifs is 2.